The van der Waals surface area contributed by atoms with Gasteiger partial charge in [-0.3, -0.25) is 9.69 Å². The van der Waals surface area contributed by atoms with Crippen LogP contribution in [0.4, 0.5) is 0 Å². The minimum Gasteiger partial charge on any atom is -0.461 e. The summed E-state index contributed by atoms with van der Waals surface area (Å²) in [7, 11) is 0. The fourth-order valence-electron chi connectivity index (χ4n) is 1.88. The molecule has 1 aliphatic rings. The maximum atomic E-state index is 12.0. The molecule has 1 aliphatic heterocycles. The molecule has 0 bridgehead atoms. The Hall–Kier alpha value is -0.870. The first-order valence-corrected chi connectivity index (χ1v) is 6.20. The average molecular weight is 241 g/mol. The molecule has 0 N–H and O–H groups in total. The normalized spacial score (nSPS) is 20.6. The largest absolute Gasteiger partial charge is 0.461 e. The van der Waals surface area contributed by atoms with Crippen LogP contribution in [0.25, 0.3) is 0 Å². The fraction of sp³-hybridized carbons (Fsp3) is 0.769. The van der Waals surface area contributed by atoms with Crippen LogP contribution in [-0.2, 0) is 14.3 Å². The molecule has 1 atom stereocenters. The number of morpholine rings is 1. The van der Waals surface area contributed by atoms with Gasteiger partial charge in [-0.2, -0.15) is 0 Å². The highest BCUT2D eigenvalue weighted by Gasteiger charge is 2.35. The van der Waals surface area contributed by atoms with Crippen LogP contribution in [0.15, 0.2) is 12.7 Å². The van der Waals surface area contributed by atoms with E-state index in [9.17, 15) is 4.79 Å². The number of hydrogen-bond donors (Lipinski definition) is 0. The van der Waals surface area contributed by atoms with Crippen LogP contribution in [0.2, 0.25) is 0 Å². The lowest BCUT2D eigenvalue weighted by atomic mass is 9.87. The molecular weight excluding hydrogens is 218 g/mol. The molecule has 0 saturated carbocycles. The van der Waals surface area contributed by atoms with E-state index in [0.717, 1.165) is 39.3 Å². The summed E-state index contributed by atoms with van der Waals surface area (Å²) in [5, 5.41) is 0. The van der Waals surface area contributed by atoms with Gasteiger partial charge in [-0.05, 0) is 13.3 Å². The number of ether oxygens (including phenoxy) is 2. The van der Waals surface area contributed by atoms with Gasteiger partial charge in [0, 0.05) is 19.6 Å². The lowest BCUT2D eigenvalue weighted by Gasteiger charge is -2.34. The molecule has 17 heavy (non-hydrogen) atoms. The Morgan fingerprint density at radius 2 is 2.18 bits per heavy atom. The van der Waals surface area contributed by atoms with E-state index in [1.54, 1.807) is 6.08 Å². The summed E-state index contributed by atoms with van der Waals surface area (Å²) in [5.41, 5.74) is -0.430. The summed E-state index contributed by atoms with van der Waals surface area (Å²) in [4.78, 5) is 14.3. The predicted octanol–water partition coefficient (Wildman–Crippen LogP) is 1.46. The molecule has 0 aromatic heterocycles. The molecule has 0 radical (unpaired) electrons. The molecule has 4 nitrogen and oxygen atoms in total. The lowest BCUT2D eigenvalue weighted by molar-refractivity contribution is -0.155. The number of nitrogens with zero attached hydrogens (tertiary/aromatic N) is 1. The number of carbonyl (C=O) groups is 1. The van der Waals surface area contributed by atoms with Crippen LogP contribution in [-0.4, -0.2) is 50.3 Å². The molecule has 1 rings (SSSR count). The molecule has 1 unspecified atom stereocenters. The zero-order valence-corrected chi connectivity index (χ0v) is 10.9. The highest BCUT2D eigenvalue weighted by Crippen LogP contribution is 2.25. The Kier molecular flexibility index (Phi) is 5.65. The summed E-state index contributed by atoms with van der Waals surface area (Å²) in [6.45, 7) is 11.9. The molecule has 1 heterocycles. The maximum Gasteiger partial charge on any atom is 0.313 e. The second kappa shape index (κ2) is 6.77. The van der Waals surface area contributed by atoms with E-state index >= 15 is 0 Å². The smallest absolute Gasteiger partial charge is 0.313 e. The second-order valence-corrected chi connectivity index (χ2v) is 4.69. The topological polar surface area (TPSA) is 38.8 Å². The van der Waals surface area contributed by atoms with Crippen LogP contribution < -0.4 is 0 Å². The van der Waals surface area contributed by atoms with Gasteiger partial charge in [-0.1, -0.05) is 19.6 Å². The summed E-state index contributed by atoms with van der Waals surface area (Å²) < 4.78 is 10.5. The summed E-state index contributed by atoms with van der Waals surface area (Å²) in [5.74, 6) is -0.133. The molecule has 1 fully saturated rings. The fourth-order valence-corrected chi connectivity index (χ4v) is 1.88. The zero-order valence-electron chi connectivity index (χ0n) is 10.9. The third kappa shape index (κ3) is 4.13. The molecule has 0 aromatic carbocycles. The van der Waals surface area contributed by atoms with Crippen molar-refractivity contribution >= 4 is 5.97 Å². The molecule has 0 aromatic rings. The van der Waals surface area contributed by atoms with Crippen LogP contribution in [0.5, 0.6) is 0 Å². The Bertz CT molecular complexity index is 261. The Morgan fingerprint density at radius 3 is 2.71 bits per heavy atom. The van der Waals surface area contributed by atoms with Crippen molar-refractivity contribution in [3.63, 3.8) is 0 Å². The molecule has 1 saturated heterocycles. The molecular formula is C13H23NO3. The van der Waals surface area contributed by atoms with Crippen LogP contribution in [0, 0.1) is 5.41 Å². The monoisotopic (exact) mass is 241 g/mol. The number of rotatable bonds is 6. The van der Waals surface area contributed by atoms with E-state index < -0.39 is 5.41 Å². The van der Waals surface area contributed by atoms with Crippen molar-refractivity contribution in [2.45, 2.75) is 20.3 Å². The highest BCUT2D eigenvalue weighted by atomic mass is 16.5. The van der Waals surface area contributed by atoms with E-state index in [4.69, 9.17) is 9.47 Å². The van der Waals surface area contributed by atoms with E-state index in [1.807, 2.05) is 13.8 Å². The van der Waals surface area contributed by atoms with Gasteiger partial charge in [0.2, 0.25) is 0 Å². The summed E-state index contributed by atoms with van der Waals surface area (Å²) >= 11 is 0. The first-order chi connectivity index (χ1) is 8.12. The van der Waals surface area contributed by atoms with Gasteiger partial charge >= 0.3 is 5.97 Å². The van der Waals surface area contributed by atoms with Crippen molar-refractivity contribution in [2.24, 2.45) is 5.41 Å². The van der Waals surface area contributed by atoms with Crippen LogP contribution >= 0.6 is 0 Å². The van der Waals surface area contributed by atoms with Crippen molar-refractivity contribution in [1.82, 2.24) is 4.90 Å². The van der Waals surface area contributed by atoms with Crippen LogP contribution in [0.3, 0.4) is 0 Å². The van der Waals surface area contributed by atoms with E-state index in [1.165, 1.54) is 0 Å². The zero-order chi connectivity index (χ0) is 12.7. The number of esters is 1. The summed E-state index contributed by atoms with van der Waals surface area (Å²) in [6, 6.07) is 0. The number of hydrogen-bond acceptors (Lipinski definition) is 4. The minimum absolute atomic E-state index is 0.133. The first kappa shape index (κ1) is 14.2. The van der Waals surface area contributed by atoms with Crippen molar-refractivity contribution < 1.29 is 14.3 Å². The van der Waals surface area contributed by atoms with Crippen LogP contribution in [0.1, 0.15) is 20.3 Å². The Morgan fingerprint density at radius 1 is 1.53 bits per heavy atom. The average Bonchev–Trinajstić information content (AvgIpc) is 2.36. The van der Waals surface area contributed by atoms with Crippen molar-refractivity contribution in [3.05, 3.63) is 12.7 Å². The van der Waals surface area contributed by atoms with Gasteiger partial charge in [-0.25, -0.2) is 0 Å². The standard InChI is InChI=1S/C13H23NO3/c1-4-8-17-12(15)13(3,5-2)11-14-6-9-16-10-7-14/h4H,1,5-11H2,2-3H3. The van der Waals surface area contributed by atoms with Gasteiger partial charge in [-0.15, -0.1) is 0 Å². The molecule has 98 valence electrons. The predicted molar refractivity (Wildman–Crippen MR) is 66.8 cm³/mol. The third-order valence-corrected chi connectivity index (χ3v) is 3.28. The Balaban J connectivity index is 2.53. The third-order valence-electron chi connectivity index (χ3n) is 3.28. The Labute approximate surface area is 104 Å². The summed E-state index contributed by atoms with van der Waals surface area (Å²) in [6.07, 6.45) is 2.38. The van der Waals surface area contributed by atoms with Gasteiger partial charge in [0.15, 0.2) is 0 Å². The maximum absolute atomic E-state index is 12.0. The van der Waals surface area contributed by atoms with E-state index in [2.05, 4.69) is 11.5 Å². The van der Waals surface area contributed by atoms with E-state index in [-0.39, 0.29) is 12.6 Å². The van der Waals surface area contributed by atoms with Gasteiger partial charge < -0.3 is 9.47 Å². The molecule has 0 aliphatic carbocycles. The van der Waals surface area contributed by atoms with Gasteiger partial charge in [0.05, 0.1) is 18.6 Å². The second-order valence-electron chi connectivity index (χ2n) is 4.69. The highest BCUT2D eigenvalue weighted by molar-refractivity contribution is 5.76. The number of carbonyl (C=O) groups excluding carboxylic acids is 1. The quantitative estimate of drug-likeness (QED) is 0.521. The first-order valence-electron chi connectivity index (χ1n) is 6.20. The van der Waals surface area contributed by atoms with Crippen molar-refractivity contribution in [3.8, 4) is 0 Å². The SMILES string of the molecule is C=CCOC(=O)C(C)(CC)CN1CCOCC1. The molecule has 0 amide bonds. The minimum atomic E-state index is -0.430. The van der Waals surface area contributed by atoms with Gasteiger partial charge in [0.25, 0.3) is 0 Å². The van der Waals surface area contributed by atoms with Crippen molar-refractivity contribution in [2.75, 3.05) is 39.5 Å². The van der Waals surface area contributed by atoms with Gasteiger partial charge in [0.1, 0.15) is 6.61 Å². The molecule has 0 spiro atoms. The molecule has 4 heteroatoms. The van der Waals surface area contributed by atoms with E-state index in [0.29, 0.717) is 0 Å². The lowest BCUT2D eigenvalue weighted by Crippen LogP contribution is -2.46. The van der Waals surface area contributed by atoms with Crippen molar-refractivity contribution in [1.29, 1.82) is 0 Å².